The molecular weight excluding hydrogens is 160 g/mol. The Morgan fingerprint density at radius 3 is 3.00 bits per heavy atom. The minimum Gasteiger partial charge on any atom is -0.495 e. The van der Waals surface area contributed by atoms with Crippen molar-refractivity contribution >= 4 is 12.2 Å². The number of hydrogen-bond acceptors (Lipinski definition) is 3. The molecule has 0 saturated heterocycles. The van der Waals surface area contributed by atoms with Gasteiger partial charge in [-0.2, -0.15) is 5.26 Å². The topological polar surface area (TPSA) is 48.8 Å². The molecule has 3 nitrogen and oxygen atoms in total. The summed E-state index contributed by atoms with van der Waals surface area (Å²) in [5.74, 6) is 0.510. The Kier molecular flexibility index (Phi) is 2.24. The van der Waals surface area contributed by atoms with Gasteiger partial charge in [-0.1, -0.05) is 12.2 Å². The lowest BCUT2D eigenvalue weighted by molar-refractivity contribution is 0.412. The number of methoxy groups -OCH3 is 1. The van der Waals surface area contributed by atoms with Crippen LogP contribution < -0.4 is 4.74 Å². The van der Waals surface area contributed by atoms with Gasteiger partial charge >= 0.3 is 0 Å². The monoisotopic (exact) mass is 166 g/mol. The normalized spacial score (nSPS) is 8.73. The van der Waals surface area contributed by atoms with E-state index in [0.29, 0.717) is 16.0 Å². The number of ether oxygens (including phenoxy) is 1. The van der Waals surface area contributed by atoms with Crippen molar-refractivity contribution in [1.82, 2.24) is 4.98 Å². The molecule has 0 unspecified atom stereocenters. The highest BCUT2D eigenvalue weighted by molar-refractivity contribution is 7.71. The van der Waals surface area contributed by atoms with Crippen LogP contribution in [0.4, 0.5) is 0 Å². The quantitative estimate of drug-likeness (QED) is 0.645. The van der Waals surface area contributed by atoms with E-state index < -0.39 is 0 Å². The van der Waals surface area contributed by atoms with Crippen molar-refractivity contribution in [3.8, 4) is 11.8 Å². The van der Waals surface area contributed by atoms with Gasteiger partial charge in [0.15, 0.2) is 0 Å². The van der Waals surface area contributed by atoms with Gasteiger partial charge < -0.3 is 9.72 Å². The first-order valence-corrected chi connectivity index (χ1v) is 3.35. The first-order valence-electron chi connectivity index (χ1n) is 2.94. The standard InChI is InChI=1S/C7H6N2OS/c1-10-6-2-7(11)9-4-5(6)3-8/h2,4H,1H3,(H,9,11). The SMILES string of the molecule is COc1cc(=S)[nH]cc1C#N. The highest BCUT2D eigenvalue weighted by atomic mass is 32.1. The summed E-state index contributed by atoms with van der Waals surface area (Å²) in [7, 11) is 1.50. The maximum atomic E-state index is 8.56. The average molecular weight is 166 g/mol. The van der Waals surface area contributed by atoms with Crippen LogP contribution in [0.3, 0.4) is 0 Å². The minimum atomic E-state index is 0.459. The smallest absolute Gasteiger partial charge is 0.141 e. The number of H-pyrrole nitrogens is 1. The van der Waals surface area contributed by atoms with Gasteiger partial charge in [0.25, 0.3) is 0 Å². The Balaban J connectivity index is 3.30. The Bertz CT molecular complexity index is 350. The van der Waals surface area contributed by atoms with E-state index in [1.54, 1.807) is 6.07 Å². The number of pyridine rings is 1. The zero-order valence-electron chi connectivity index (χ0n) is 5.92. The molecule has 0 spiro atoms. The fraction of sp³-hybridized carbons (Fsp3) is 0.143. The second kappa shape index (κ2) is 3.17. The molecule has 0 amide bonds. The second-order valence-corrected chi connectivity index (χ2v) is 2.33. The molecule has 1 heterocycles. The molecule has 1 N–H and O–H groups in total. The van der Waals surface area contributed by atoms with E-state index in [1.807, 2.05) is 6.07 Å². The van der Waals surface area contributed by atoms with Crippen LogP contribution in [0.2, 0.25) is 0 Å². The van der Waals surface area contributed by atoms with Crippen LogP contribution in [0.1, 0.15) is 5.56 Å². The van der Waals surface area contributed by atoms with Crippen molar-refractivity contribution in [1.29, 1.82) is 5.26 Å². The van der Waals surface area contributed by atoms with E-state index in [9.17, 15) is 0 Å². The first kappa shape index (κ1) is 7.76. The van der Waals surface area contributed by atoms with Crippen LogP contribution in [0.25, 0.3) is 0 Å². The molecule has 1 aromatic heterocycles. The van der Waals surface area contributed by atoms with Crippen LogP contribution in [0.5, 0.6) is 5.75 Å². The number of aromatic amines is 1. The molecule has 4 heteroatoms. The second-order valence-electron chi connectivity index (χ2n) is 1.89. The zero-order chi connectivity index (χ0) is 8.27. The third-order valence-electron chi connectivity index (χ3n) is 1.23. The van der Waals surface area contributed by atoms with Gasteiger partial charge in [-0.05, 0) is 0 Å². The highest BCUT2D eigenvalue weighted by Crippen LogP contribution is 2.14. The predicted octanol–water partition coefficient (Wildman–Crippen LogP) is 1.62. The van der Waals surface area contributed by atoms with Crippen LogP contribution in [0.15, 0.2) is 12.3 Å². The molecule has 1 rings (SSSR count). The molecule has 0 aromatic carbocycles. The van der Waals surface area contributed by atoms with Gasteiger partial charge in [-0.3, -0.25) is 0 Å². The first-order chi connectivity index (χ1) is 5.27. The third kappa shape index (κ3) is 1.57. The molecule has 1 aromatic rings. The maximum Gasteiger partial charge on any atom is 0.141 e. The van der Waals surface area contributed by atoms with Crippen molar-refractivity contribution in [2.45, 2.75) is 0 Å². The molecule has 0 saturated carbocycles. The summed E-state index contributed by atoms with van der Waals surface area (Å²) in [6, 6.07) is 3.58. The summed E-state index contributed by atoms with van der Waals surface area (Å²) in [6.07, 6.45) is 1.53. The number of nitriles is 1. The van der Waals surface area contributed by atoms with Crippen molar-refractivity contribution < 1.29 is 4.74 Å². The summed E-state index contributed by atoms with van der Waals surface area (Å²) >= 11 is 4.83. The van der Waals surface area contributed by atoms with E-state index in [1.165, 1.54) is 13.3 Å². The molecule has 0 aliphatic carbocycles. The molecule has 0 bridgehead atoms. The van der Waals surface area contributed by atoms with Gasteiger partial charge in [0.2, 0.25) is 0 Å². The summed E-state index contributed by atoms with van der Waals surface area (Å²) in [6.45, 7) is 0. The van der Waals surface area contributed by atoms with Crippen LogP contribution in [0, 0.1) is 16.0 Å². The predicted molar refractivity (Wildman–Crippen MR) is 42.9 cm³/mol. The van der Waals surface area contributed by atoms with Gasteiger partial charge in [0, 0.05) is 12.3 Å². The molecule has 0 aliphatic heterocycles. The maximum absolute atomic E-state index is 8.56. The van der Waals surface area contributed by atoms with Crippen LogP contribution in [-0.4, -0.2) is 12.1 Å². The summed E-state index contributed by atoms with van der Waals surface area (Å²) in [4.78, 5) is 2.74. The van der Waals surface area contributed by atoms with Crippen molar-refractivity contribution in [3.63, 3.8) is 0 Å². The Hall–Kier alpha value is -1.34. The number of rotatable bonds is 1. The molecule has 0 radical (unpaired) electrons. The molecular formula is C7H6N2OS. The zero-order valence-corrected chi connectivity index (χ0v) is 6.73. The lowest BCUT2D eigenvalue weighted by Crippen LogP contribution is -1.88. The summed E-state index contributed by atoms with van der Waals surface area (Å²) in [5.41, 5.74) is 0.459. The van der Waals surface area contributed by atoms with Gasteiger partial charge in [-0.15, -0.1) is 0 Å². The number of aromatic nitrogens is 1. The van der Waals surface area contributed by atoms with Gasteiger partial charge in [-0.25, -0.2) is 0 Å². The molecule has 56 valence electrons. The fourth-order valence-electron chi connectivity index (χ4n) is 0.709. The Labute approximate surface area is 69.2 Å². The van der Waals surface area contributed by atoms with Crippen LogP contribution in [-0.2, 0) is 0 Å². The number of nitrogens with zero attached hydrogens (tertiary/aromatic N) is 1. The molecule has 0 fully saturated rings. The molecule has 11 heavy (non-hydrogen) atoms. The average Bonchev–Trinajstić information content (AvgIpc) is 2.04. The fourth-order valence-corrected chi connectivity index (χ4v) is 0.875. The van der Waals surface area contributed by atoms with E-state index in [4.69, 9.17) is 22.2 Å². The van der Waals surface area contributed by atoms with Gasteiger partial charge in [0.05, 0.1) is 7.11 Å². The Morgan fingerprint density at radius 2 is 2.45 bits per heavy atom. The summed E-state index contributed by atoms with van der Waals surface area (Å²) < 4.78 is 5.46. The number of nitrogens with one attached hydrogen (secondary N) is 1. The van der Waals surface area contributed by atoms with Crippen molar-refractivity contribution in [2.75, 3.05) is 7.11 Å². The van der Waals surface area contributed by atoms with E-state index in [-0.39, 0.29) is 0 Å². The van der Waals surface area contributed by atoms with Crippen molar-refractivity contribution in [3.05, 3.63) is 22.5 Å². The van der Waals surface area contributed by atoms with E-state index >= 15 is 0 Å². The summed E-state index contributed by atoms with van der Waals surface area (Å²) in [5, 5.41) is 8.56. The van der Waals surface area contributed by atoms with E-state index in [2.05, 4.69) is 4.98 Å². The Morgan fingerprint density at radius 1 is 1.73 bits per heavy atom. The lowest BCUT2D eigenvalue weighted by atomic mass is 10.3. The van der Waals surface area contributed by atoms with Crippen LogP contribution >= 0.6 is 12.2 Å². The number of hydrogen-bond donors (Lipinski definition) is 1. The largest absolute Gasteiger partial charge is 0.495 e. The van der Waals surface area contributed by atoms with Gasteiger partial charge in [0.1, 0.15) is 22.0 Å². The molecule has 0 atom stereocenters. The minimum absolute atomic E-state index is 0.459. The van der Waals surface area contributed by atoms with Crippen molar-refractivity contribution in [2.24, 2.45) is 0 Å². The van der Waals surface area contributed by atoms with E-state index in [0.717, 1.165) is 0 Å². The molecule has 0 aliphatic rings. The lowest BCUT2D eigenvalue weighted by Gasteiger charge is -1.99. The third-order valence-corrected chi connectivity index (χ3v) is 1.46. The highest BCUT2D eigenvalue weighted by Gasteiger charge is 1.98.